The lowest BCUT2D eigenvalue weighted by molar-refractivity contribution is 0.704. The third kappa shape index (κ3) is 3.30. The minimum absolute atomic E-state index is 0. The normalized spacial score (nSPS) is 10.7. The van der Waals surface area contributed by atoms with Gasteiger partial charge in [0.15, 0.2) is 0 Å². The van der Waals surface area contributed by atoms with Crippen LogP contribution in [0.4, 0.5) is 4.39 Å². The van der Waals surface area contributed by atoms with Crippen molar-refractivity contribution in [3.05, 3.63) is 47.8 Å². The first-order valence-corrected chi connectivity index (χ1v) is 3.62. The standard InChI is InChI=1S/C10H11F.H3N/c1-9(8-11)7-10-5-3-2-4-6-10;/h2-6,8H,7H2,1H3;1H3. The molecule has 0 aliphatic carbocycles. The zero-order chi connectivity index (χ0) is 8.10. The van der Waals surface area contributed by atoms with E-state index in [1.54, 1.807) is 6.92 Å². The van der Waals surface area contributed by atoms with Crippen molar-refractivity contribution in [3.8, 4) is 0 Å². The monoisotopic (exact) mass is 167 g/mol. The molecule has 12 heavy (non-hydrogen) atoms. The lowest BCUT2D eigenvalue weighted by Gasteiger charge is -1.97. The second-order valence-electron chi connectivity index (χ2n) is 2.62. The van der Waals surface area contributed by atoms with E-state index in [9.17, 15) is 4.39 Å². The van der Waals surface area contributed by atoms with Crippen molar-refractivity contribution in [2.24, 2.45) is 0 Å². The first kappa shape index (κ1) is 10.8. The summed E-state index contributed by atoms with van der Waals surface area (Å²) in [6, 6.07) is 9.86. The van der Waals surface area contributed by atoms with Crippen LogP contribution in [0.5, 0.6) is 0 Å². The van der Waals surface area contributed by atoms with Crippen LogP contribution in [0.3, 0.4) is 0 Å². The maximum atomic E-state index is 11.9. The van der Waals surface area contributed by atoms with E-state index in [0.717, 1.165) is 11.1 Å². The molecule has 66 valence electrons. The third-order valence-corrected chi connectivity index (χ3v) is 1.51. The van der Waals surface area contributed by atoms with E-state index in [1.165, 1.54) is 0 Å². The molecule has 0 aliphatic rings. The lowest BCUT2D eigenvalue weighted by Crippen LogP contribution is -1.84. The predicted molar refractivity (Wildman–Crippen MR) is 50.0 cm³/mol. The van der Waals surface area contributed by atoms with Gasteiger partial charge in [0.2, 0.25) is 0 Å². The zero-order valence-electron chi connectivity index (χ0n) is 7.26. The maximum absolute atomic E-state index is 11.9. The summed E-state index contributed by atoms with van der Waals surface area (Å²) in [5, 5.41) is 0. The summed E-state index contributed by atoms with van der Waals surface area (Å²) < 4.78 is 11.9. The topological polar surface area (TPSA) is 35.0 Å². The number of hydrogen-bond acceptors (Lipinski definition) is 1. The molecule has 1 rings (SSSR count). The molecule has 0 fully saturated rings. The Morgan fingerprint density at radius 1 is 1.33 bits per heavy atom. The van der Waals surface area contributed by atoms with E-state index in [1.807, 2.05) is 30.3 Å². The fraction of sp³-hybridized carbons (Fsp3) is 0.200. The molecule has 1 aromatic rings. The molecule has 2 heteroatoms. The highest BCUT2D eigenvalue weighted by atomic mass is 19.1. The largest absolute Gasteiger partial charge is 0.344 e. The van der Waals surface area contributed by atoms with E-state index < -0.39 is 0 Å². The summed E-state index contributed by atoms with van der Waals surface area (Å²) in [5.74, 6) is 0. The molecule has 0 radical (unpaired) electrons. The Morgan fingerprint density at radius 2 is 1.92 bits per heavy atom. The summed E-state index contributed by atoms with van der Waals surface area (Å²) in [6.45, 7) is 1.78. The Morgan fingerprint density at radius 3 is 2.42 bits per heavy atom. The van der Waals surface area contributed by atoms with E-state index in [0.29, 0.717) is 12.8 Å². The van der Waals surface area contributed by atoms with Gasteiger partial charge in [-0.1, -0.05) is 30.3 Å². The first-order chi connectivity index (χ1) is 5.33. The number of benzene rings is 1. The molecular formula is C10H14FN. The Balaban J connectivity index is 0.00000121. The minimum Gasteiger partial charge on any atom is -0.344 e. The van der Waals surface area contributed by atoms with Crippen LogP contribution in [0.2, 0.25) is 0 Å². The molecule has 0 aliphatic heterocycles. The van der Waals surface area contributed by atoms with Crippen molar-refractivity contribution < 1.29 is 4.39 Å². The van der Waals surface area contributed by atoms with Gasteiger partial charge in [-0.05, 0) is 24.5 Å². The van der Waals surface area contributed by atoms with Crippen LogP contribution in [0.25, 0.3) is 0 Å². The van der Waals surface area contributed by atoms with Gasteiger partial charge in [-0.25, -0.2) is 4.39 Å². The molecule has 3 N–H and O–H groups in total. The van der Waals surface area contributed by atoms with E-state index in [2.05, 4.69) is 0 Å². The van der Waals surface area contributed by atoms with Crippen LogP contribution in [-0.2, 0) is 6.42 Å². The Kier molecular flexibility index (Phi) is 4.97. The van der Waals surface area contributed by atoms with Crippen molar-refractivity contribution in [2.45, 2.75) is 13.3 Å². The maximum Gasteiger partial charge on any atom is 0.0859 e. The van der Waals surface area contributed by atoms with Gasteiger partial charge in [-0.15, -0.1) is 0 Å². The van der Waals surface area contributed by atoms with Crippen LogP contribution in [-0.4, -0.2) is 0 Å². The van der Waals surface area contributed by atoms with Crippen LogP contribution in [0, 0.1) is 0 Å². The molecule has 0 unspecified atom stereocenters. The van der Waals surface area contributed by atoms with Crippen LogP contribution in [0.1, 0.15) is 12.5 Å². The van der Waals surface area contributed by atoms with Gasteiger partial charge < -0.3 is 6.15 Å². The third-order valence-electron chi connectivity index (χ3n) is 1.51. The van der Waals surface area contributed by atoms with Crippen molar-refractivity contribution in [3.63, 3.8) is 0 Å². The van der Waals surface area contributed by atoms with Gasteiger partial charge in [0.25, 0.3) is 0 Å². The Hall–Kier alpha value is -1.15. The molecule has 0 amide bonds. The molecular weight excluding hydrogens is 153 g/mol. The highest BCUT2D eigenvalue weighted by Crippen LogP contribution is 2.06. The van der Waals surface area contributed by atoms with Gasteiger partial charge in [-0.2, -0.15) is 0 Å². The average Bonchev–Trinajstić information content (AvgIpc) is 2.06. The lowest BCUT2D eigenvalue weighted by atomic mass is 10.1. The van der Waals surface area contributed by atoms with E-state index >= 15 is 0 Å². The van der Waals surface area contributed by atoms with Crippen LogP contribution < -0.4 is 6.15 Å². The van der Waals surface area contributed by atoms with Crippen molar-refractivity contribution in [1.82, 2.24) is 6.15 Å². The van der Waals surface area contributed by atoms with Gasteiger partial charge in [0.05, 0.1) is 6.33 Å². The summed E-state index contributed by atoms with van der Waals surface area (Å²) in [5.41, 5.74) is 1.91. The highest BCUT2D eigenvalue weighted by molar-refractivity contribution is 5.19. The Labute approximate surface area is 72.5 Å². The minimum atomic E-state index is 0. The molecule has 0 atom stereocenters. The predicted octanol–water partition coefficient (Wildman–Crippen LogP) is 3.26. The summed E-state index contributed by atoms with van der Waals surface area (Å²) in [4.78, 5) is 0. The summed E-state index contributed by atoms with van der Waals surface area (Å²) >= 11 is 0. The Bertz CT molecular complexity index is 241. The smallest absolute Gasteiger partial charge is 0.0859 e. The molecule has 0 saturated heterocycles. The van der Waals surface area contributed by atoms with Crippen LogP contribution >= 0.6 is 0 Å². The first-order valence-electron chi connectivity index (χ1n) is 3.62. The van der Waals surface area contributed by atoms with Crippen molar-refractivity contribution in [1.29, 1.82) is 0 Å². The molecule has 0 heterocycles. The van der Waals surface area contributed by atoms with Crippen molar-refractivity contribution >= 4 is 0 Å². The van der Waals surface area contributed by atoms with Gasteiger partial charge >= 0.3 is 0 Å². The summed E-state index contributed by atoms with van der Waals surface area (Å²) in [6.07, 6.45) is 1.37. The molecule has 0 aromatic heterocycles. The van der Waals surface area contributed by atoms with E-state index in [-0.39, 0.29) is 6.15 Å². The van der Waals surface area contributed by atoms with Gasteiger partial charge in [0, 0.05) is 0 Å². The molecule has 1 aromatic carbocycles. The molecule has 0 bridgehead atoms. The highest BCUT2D eigenvalue weighted by Gasteiger charge is 1.91. The summed E-state index contributed by atoms with van der Waals surface area (Å²) in [7, 11) is 0. The van der Waals surface area contributed by atoms with Gasteiger partial charge in [0.1, 0.15) is 0 Å². The van der Waals surface area contributed by atoms with Crippen LogP contribution in [0.15, 0.2) is 42.2 Å². The molecule has 1 nitrogen and oxygen atoms in total. The molecule has 0 spiro atoms. The number of halogens is 1. The number of rotatable bonds is 2. The quantitative estimate of drug-likeness (QED) is 0.720. The number of allylic oxidation sites excluding steroid dienone is 1. The molecule has 0 saturated carbocycles. The zero-order valence-corrected chi connectivity index (χ0v) is 7.26. The SMILES string of the molecule is CC(=CF)Cc1ccccc1.N. The fourth-order valence-electron chi connectivity index (χ4n) is 0.956. The van der Waals surface area contributed by atoms with Crippen molar-refractivity contribution in [2.75, 3.05) is 0 Å². The average molecular weight is 167 g/mol. The number of hydrogen-bond donors (Lipinski definition) is 1. The second-order valence-corrected chi connectivity index (χ2v) is 2.62. The van der Waals surface area contributed by atoms with E-state index in [4.69, 9.17) is 0 Å². The van der Waals surface area contributed by atoms with Gasteiger partial charge in [-0.3, -0.25) is 0 Å². The second kappa shape index (κ2) is 5.49. The fourth-order valence-corrected chi connectivity index (χ4v) is 0.956.